The number of hydrogen-bond donors (Lipinski definition) is 0. The highest BCUT2D eigenvalue weighted by atomic mass is 16.5. The second-order valence-corrected chi connectivity index (χ2v) is 4.17. The maximum Gasteiger partial charge on any atom is 0.133 e. The molecule has 1 aliphatic rings. The van der Waals surface area contributed by atoms with Crippen molar-refractivity contribution in [2.24, 2.45) is 11.8 Å². The zero-order chi connectivity index (χ0) is 10.7. The van der Waals surface area contributed by atoms with E-state index in [1.54, 1.807) is 0 Å². The highest BCUT2D eigenvalue weighted by molar-refractivity contribution is 6.11. The topological polar surface area (TPSA) is 26.3 Å². The Balaban J connectivity index is 2.59. The number of ketones is 1. The Bertz CT molecular complexity index is 205. The lowest BCUT2D eigenvalue weighted by Crippen LogP contribution is -2.22. The van der Waals surface area contributed by atoms with Crippen LogP contribution in [0, 0.1) is 11.8 Å². The SMILES string of the molecule is [B]C1OC(CC)C(CC(=O)CC)C1C. The van der Waals surface area contributed by atoms with Crippen LogP contribution in [0.15, 0.2) is 0 Å². The summed E-state index contributed by atoms with van der Waals surface area (Å²) < 4.78 is 5.61. The Kier molecular flexibility index (Phi) is 4.18. The van der Waals surface area contributed by atoms with Crippen LogP contribution >= 0.6 is 0 Å². The molecule has 0 bridgehead atoms. The zero-order valence-corrected chi connectivity index (χ0v) is 9.32. The molecule has 1 aliphatic heterocycles. The van der Waals surface area contributed by atoms with E-state index in [1.165, 1.54) is 0 Å². The minimum Gasteiger partial charge on any atom is -0.384 e. The van der Waals surface area contributed by atoms with Gasteiger partial charge in [0, 0.05) is 18.8 Å². The largest absolute Gasteiger partial charge is 0.384 e. The van der Waals surface area contributed by atoms with Crippen molar-refractivity contribution in [2.75, 3.05) is 0 Å². The molecule has 1 saturated heterocycles. The third-order valence-electron chi connectivity index (χ3n) is 3.26. The average Bonchev–Trinajstić information content (AvgIpc) is 2.45. The maximum atomic E-state index is 11.4. The Labute approximate surface area is 87.8 Å². The van der Waals surface area contributed by atoms with Crippen molar-refractivity contribution in [3.63, 3.8) is 0 Å². The van der Waals surface area contributed by atoms with Gasteiger partial charge in [-0.25, -0.2) is 0 Å². The third-order valence-corrected chi connectivity index (χ3v) is 3.26. The summed E-state index contributed by atoms with van der Waals surface area (Å²) in [5.41, 5.74) is 0. The second-order valence-electron chi connectivity index (χ2n) is 4.17. The quantitative estimate of drug-likeness (QED) is 0.639. The molecule has 0 aromatic heterocycles. The molecule has 4 unspecified atom stereocenters. The Hall–Kier alpha value is -0.305. The van der Waals surface area contributed by atoms with Gasteiger partial charge in [-0.3, -0.25) is 4.79 Å². The number of Topliss-reactive ketones (excluding diaryl/α,β-unsaturated/α-hetero) is 1. The Morgan fingerprint density at radius 3 is 2.57 bits per heavy atom. The fourth-order valence-electron chi connectivity index (χ4n) is 2.13. The highest BCUT2D eigenvalue weighted by Gasteiger charge is 2.38. The van der Waals surface area contributed by atoms with Crippen LogP contribution in [-0.2, 0) is 9.53 Å². The van der Waals surface area contributed by atoms with Crippen molar-refractivity contribution in [1.82, 2.24) is 0 Å². The monoisotopic (exact) mass is 194 g/mol. The highest BCUT2D eigenvalue weighted by Crippen LogP contribution is 2.35. The van der Waals surface area contributed by atoms with Gasteiger partial charge in [0.25, 0.3) is 0 Å². The lowest BCUT2D eigenvalue weighted by molar-refractivity contribution is -0.120. The van der Waals surface area contributed by atoms with Gasteiger partial charge in [-0.05, 0) is 18.3 Å². The van der Waals surface area contributed by atoms with Crippen LogP contribution in [0.25, 0.3) is 0 Å². The summed E-state index contributed by atoms with van der Waals surface area (Å²) >= 11 is 0. The summed E-state index contributed by atoms with van der Waals surface area (Å²) in [6, 6.07) is -0.186. The van der Waals surface area contributed by atoms with Gasteiger partial charge in [0.05, 0.1) is 6.10 Å². The van der Waals surface area contributed by atoms with E-state index in [0.29, 0.717) is 30.5 Å². The van der Waals surface area contributed by atoms with Crippen molar-refractivity contribution in [3.05, 3.63) is 0 Å². The van der Waals surface area contributed by atoms with E-state index in [0.717, 1.165) is 6.42 Å². The van der Waals surface area contributed by atoms with Gasteiger partial charge in [0.1, 0.15) is 13.6 Å². The Morgan fingerprint density at radius 2 is 2.07 bits per heavy atom. The molecule has 0 aromatic rings. The predicted octanol–water partition coefficient (Wildman–Crippen LogP) is 1.91. The number of hydrogen-bond acceptors (Lipinski definition) is 2. The molecule has 0 aliphatic carbocycles. The minimum atomic E-state index is -0.186. The van der Waals surface area contributed by atoms with E-state index in [1.807, 2.05) is 6.92 Å². The molecule has 3 heteroatoms. The molecule has 1 fully saturated rings. The maximum absolute atomic E-state index is 11.4. The summed E-state index contributed by atoms with van der Waals surface area (Å²) in [4.78, 5) is 11.4. The van der Waals surface area contributed by atoms with Crippen LogP contribution < -0.4 is 0 Å². The van der Waals surface area contributed by atoms with Crippen molar-refractivity contribution in [3.8, 4) is 0 Å². The molecule has 0 amide bonds. The van der Waals surface area contributed by atoms with Crippen LogP contribution in [0.5, 0.6) is 0 Å². The molecule has 0 saturated carbocycles. The molecule has 2 nitrogen and oxygen atoms in total. The van der Waals surface area contributed by atoms with Gasteiger partial charge in [-0.2, -0.15) is 0 Å². The van der Waals surface area contributed by atoms with Crippen molar-refractivity contribution >= 4 is 13.6 Å². The van der Waals surface area contributed by atoms with Gasteiger partial charge < -0.3 is 4.74 Å². The lowest BCUT2D eigenvalue weighted by Gasteiger charge is -2.18. The van der Waals surface area contributed by atoms with Gasteiger partial charge >= 0.3 is 0 Å². The molecule has 1 heterocycles. The standard InChI is InChI=1S/C11H19BO2/c1-4-8(13)6-9-7(3)11(12)14-10(9)5-2/h7,9-11H,4-6H2,1-3H3. The van der Waals surface area contributed by atoms with Crippen LogP contribution in [0.3, 0.4) is 0 Å². The van der Waals surface area contributed by atoms with Crippen molar-refractivity contribution in [2.45, 2.75) is 52.1 Å². The van der Waals surface area contributed by atoms with Gasteiger partial charge in [-0.15, -0.1) is 0 Å². The van der Waals surface area contributed by atoms with Gasteiger partial charge in [0.2, 0.25) is 0 Å². The molecular formula is C11H19BO2. The first-order valence-electron chi connectivity index (χ1n) is 5.52. The third kappa shape index (κ3) is 2.38. The van der Waals surface area contributed by atoms with E-state index in [-0.39, 0.29) is 12.1 Å². The second kappa shape index (κ2) is 4.97. The first kappa shape index (κ1) is 11.8. The number of ether oxygens (including phenoxy) is 1. The molecule has 0 spiro atoms. The van der Waals surface area contributed by atoms with Crippen LogP contribution in [0.4, 0.5) is 0 Å². The Morgan fingerprint density at radius 1 is 1.43 bits per heavy atom. The van der Waals surface area contributed by atoms with Gasteiger partial charge in [-0.1, -0.05) is 20.8 Å². The molecule has 1 rings (SSSR count). The van der Waals surface area contributed by atoms with E-state index in [4.69, 9.17) is 12.6 Å². The fraction of sp³-hybridized carbons (Fsp3) is 0.909. The van der Waals surface area contributed by atoms with E-state index >= 15 is 0 Å². The lowest BCUT2D eigenvalue weighted by atomic mass is 9.78. The van der Waals surface area contributed by atoms with E-state index in [2.05, 4.69) is 13.8 Å². The normalized spacial score (nSPS) is 37.4. The van der Waals surface area contributed by atoms with Crippen LogP contribution in [-0.4, -0.2) is 25.7 Å². The van der Waals surface area contributed by atoms with Gasteiger partial charge in [0.15, 0.2) is 0 Å². The molecule has 0 N–H and O–H groups in total. The summed E-state index contributed by atoms with van der Waals surface area (Å²) in [7, 11) is 5.82. The number of carbonyl (C=O) groups excluding carboxylic acids is 1. The smallest absolute Gasteiger partial charge is 0.133 e. The molecular weight excluding hydrogens is 175 g/mol. The van der Waals surface area contributed by atoms with Crippen molar-refractivity contribution < 1.29 is 9.53 Å². The minimum absolute atomic E-state index is 0.176. The van der Waals surface area contributed by atoms with Crippen LogP contribution in [0.1, 0.15) is 40.0 Å². The van der Waals surface area contributed by atoms with Crippen molar-refractivity contribution in [1.29, 1.82) is 0 Å². The first-order chi connectivity index (χ1) is 6.60. The molecule has 4 atom stereocenters. The number of rotatable bonds is 4. The fourth-order valence-corrected chi connectivity index (χ4v) is 2.13. The molecule has 0 aromatic carbocycles. The summed E-state index contributed by atoms with van der Waals surface area (Å²) in [5, 5.41) is 0. The average molecular weight is 194 g/mol. The number of carbonyl (C=O) groups is 1. The molecule has 14 heavy (non-hydrogen) atoms. The zero-order valence-electron chi connectivity index (χ0n) is 9.32. The summed E-state index contributed by atoms with van der Waals surface area (Å²) in [6.45, 7) is 6.07. The van der Waals surface area contributed by atoms with E-state index < -0.39 is 0 Å². The van der Waals surface area contributed by atoms with E-state index in [9.17, 15) is 4.79 Å². The first-order valence-corrected chi connectivity index (χ1v) is 5.52. The van der Waals surface area contributed by atoms with Crippen LogP contribution in [0.2, 0.25) is 0 Å². The summed E-state index contributed by atoms with van der Waals surface area (Å²) in [5.74, 6) is 0.941. The molecule has 78 valence electrons. The molecule has 2 radical (unpaired) electrons. The summed E-state index contributed by atoms with van der Waals surface area (Å²) in [6.07, 6.45) is 2.37. The predicted molar refractivity (Wildman–Crippen MR) is 57.3 cm³/mol.